The van der Waals surface area contributed by atoms with E-state index in [1.807, 2.05) is 6.07 Å². The number of benzene rings is 3. The molecule has 4 rings (SSSR count). The molecular weight excluding hydrogens is 424 g/mol. The first kappa shape index (κ1) is 21.7. The summed E-state index contributed by atoms with van der Waals surface area (Å²) in [5.74, 6) is -0.762. The molecule has 0 amide bonds. The van der Waals surface area contributed by atoms with Gasteiger partial charge in [0.25, 0.3) is 0 Å². The number of fused-ring (bicyclic) bond motifs is 1. The number of phenols is 1. The molecule has 2 atom stereocenters. The van der Waals surface area contributed by atoms with Gasteiger partial charge in [-0.3, -0.25) is 0 Å². The van der Waals surface area contributed by atoms with Gasteiger partial charge in [0, 0.05) is 17.7 Å². The van der Waals surface area contributed by atoms with Crippen LogP contribution >= 0.6 is 0 Å². The van der Waals surface area contributed by atoms with Gasteiger partial charge in [0.05, 0.1) is 0 Å². The fraction of sp³-hybridized carbons (Fsp3) is 0.0769. The van der Waals surface area contributed by atoms with Gasteiger partial charge < -0.3 is 24.8 Å². The van der Waals surface area contributed by atoms with E-state index >= 15 is 0 Å². The Balaban J connectivity index is 1.67. The van der Waals surface area contributed by atoms with Crippen molar-refractivity contribution in [3.8, 4) is 17.2 Å². The first-order valence-electron chi connectivity index (χ1n) is 10.1. The van der Waals surface area contributed by atoms with Gasteiger partial charge in [-0.15, -0.1) is 0 Å². The van der Waals surface area contributed by atoms with Gasteiger partial charge in [0.2, 0.25) is 0 Å². The molecule has 0 aromatic heterocycles. The van der Waals surface area contributed by atoms with Crippen molar-refractivity contribution in [2.45, 2.75) is 12.2 Å². The van der Waals surface area contributed by atoms with Crippen molar-refractivity contribution >= 4 is 24.1 Å². The number of carbonyl (C=O) groups is 2. The minimum atomic E-state index is -1.04. The first-order valence-corrected chi connectivity index (χ1v) is 10.1. The van der Waals surface area contributed by atoms with E-state index < -0.39 is 24.1 Å². The summed E-state index contributed by atoms with van der Waals surface area (Å²) in [5.41, 5.74) is 2.96. The summed E-state index contributed by atoms with van der Waals surface area (Å²) in [6, 6.07) is 19.0. The Kier molecular flexibility index (Phi) is 6.13. The van der Waals surface area contributed by atoms with Gasteiger partial charge in [0.1, 0.15) is 17.2 Å². The Hall–Kier alpha value is -4.52. The third kappa shape index (κ3) is 5.22. The van der Waals surface area contributed by atoms with Crippen molar-refractivity contribution in [2.75, 3.05) is 0 Å². The predicted octanol–water partition coefficient (Wildman–Crippen LogP) is 4.84. The number of ether oxygens (including phenoxy) is 2. The van der Waals surface area contributed by atoms with E-state index in [0.29, 0.717) is 22.6 Å². The summed E-state index contributed by atoms with van der Waals surface area (Å²) in [7, 11) is 0. The fourth-order valence-electron chi connectivity index (χ4n) is 3.53. The number of carboxylic acids is 2. The first-order chi connectivity index (χ1) is 15.9. The molecule has 0 radical (unpaired) electrons. The lowest BCUT2D eigenvalue weighted by Crippen LogP contribution is -2.15. The molecule has 0 bridgehead atoms. The van der Waals surface area contributed by atoms with E-state index in [-0.39, 0.29) is 5.75 Å². The quantitative estimate of drug-likeness (QED) is 0.447. The molecule has 0 spiro atoms. The van der Waals surface area contributed by atoms with Crippen LogP contribution in [-0.4, -0.2) is 27.3 Å². The summed E-state index contributed by atoms with van der Waals surface area (Å²) in [6.07, 6.45) is 4.07. The molecular formula is C26H20O7. The van der Waals surface area contributed by atoms with E-state index in [9.17, 15) is 14.7 Å². The largest absolute Gasteiger partial charge is 0.508 e. The highest BCUT2D eigenvalue weighted by Crippen LogP contribution is 2.47. The number of hydrogen-bond donors (Lipinski definition) is 3. The molecule has 0 saturated carbocycles. The Bertz CT molecular complexity index is 1220. The van der Waals surface area contributed by atoms with Gasteiger partial charge in [0.15, 0.2) is 12.2 Å². The van der Waals surface area contributed by atoms with Crippen molar-refractivity contribution in [3.05, 3.63) is 101 Å². The average Bonchev–Trinajstić information content (AvgIpc) is 3.15. The predicted molar refractivity (Wildman–Crippen MR) is 121 cm³/mol. The minimum Gasteiger partial charge on any atom is -0.508 e. The van der Waals surface area contributed by atoms with Crippen LogP contribution in [0.3, 0.4) is 0 Å². The summed E-state index contributed by atoms with van der Waals surface area (Å²) in [4.78, 5) is 21.6. The van der Waals surface area contributed by atoms with Crippen LogP contribution in [0.5, 0.6) is 17.2 Å². The topological polar surface area (TPSA) is 113 Å². The van der Waals surface area contributed by atoms with Crippen LogP contribution in [0, 0.1) is 0 Å². The Labute approximate surface area is 189 Å². The summed E-state index contributed by atoms with van der Waals surface area (Å²) < 4.78 is 12.5. The van der Waals surface area contributed by atoms with Gasteiger partial charge in [-0.25, -0.2) is 9.59 Å². The monoisotopic (exact) mass is 444 g/mol. The van der Waals surface area contributed by atoms with Crippen LogP contribution in [0.15, 0.2) is 78.9 Å². The summed E-state index contributed by atoms with van der Waals surface area (Å²) in [6.45, 7) is 0. The maximum atomic E-state index is 10.9. The van der Waals surface area contributed by atoms with Crippen molar-refractivity contribution in [3.63, 3.8) is 0 Å². The molecule has 0 saturated heterocycles. The molecule has 3 aromatic rings. The second-order valence-corrected chi connectivity index (χ2v) is 7.38. The molecule has 7 heteroatoms. The van der Waals surface area contributed by atoms with E-state index in [4.69, 9.17) is 19.7 Å². The fourth-order valence-corrected chi connectivity index (χ4v) is 3.53. The number of carboxylic acid groups (broad SMARTS) is 2. The third-order valence-electron chi connectivity index (χ3n) is 5.07. The van der Waals surface area contributed by atoms with Crippen LogP contribution < -0.4 is 9.47 Å². The molecule has 1 aliphatic rings. The number of rotatable bonds is 7. The number of aromatic hydroxyl groups is 1. The second-order valence-electron chi connectivity index (χ2n) is 7.38. The van der Waals surface area contributed by atoms with Crippen LogP contribution in [0.4, 0.5) is 0 Å². The van der Waals surface area contributed by atoms with Crippen molar-refractivity contribution in [1.82, 2.24) is 0 Å². The zero-order valence-corrected chi connectivity index (χ0v) is 17.3. The number of aliphatic carboxylic acids is 2. The molecule has 33 heavy (non-hydrogen) atoms. The van der Waals surface area contributed by atoms with Crippen molar-refractivity contribution < 1.29 is 34.4 Å². The van der Waals surface area contributed by atoms with Gasteiger partial charge in [-0.05, 0) is 65.2 Å². The molecule has 3 aromatic carbocycles. The third-order valence-corrected chi connectivity index (χ3v) is 5.07. The highest BCUT2D eigenvalue weighted by Gasteiger charge is 2.37. The minimum absolute atomic E-state index is 0.137. The average molecular weight is 444 g/mol. The maximum absolute atomic E-state index is 10.9. The van der Waals surface area contributed by atoms with E-state index in [0.717, 1.165) is 23.3 Å². The lowest BCUT2D eigenvalue weighted by Gasteiger charge is -2.21. The number of phenolic OH excluding ortho intramolecular Hbond substituents is 1. The normalized spacial score (nSPS) is 17.1. The molecule has 0 aliphatic carbocycles. The molecule has 1 aliphatic heterocycles. The maximum Gasteiger partial charge on any atom is 0.328 e. The standard InChI is InChI=1S/C26H20O7/c27-19-8-6-18(7-9-19)25-26(32-20-10-1-16(2-11-20)4-13-23(28)29)21-15-17(5-14-24(30)31)3-12-22(21)33-25/h1-15,25-27H,(H,28,29)(H,30,31)/b13-4+,14-5+/t25-,26+/m0/s1. The summed E-state index contributed by atoms with van der Waals surface area (Å²) >= 11 is 0. The summed E-state index contributed by atoms with van der Waals surface area (Å²) in [5, 5.41) is 27.4. The number of hydrogen-bond acceptors (Lipinski definition) is 5. The van der Waals surface area contributed by atoms with Gasteiger partial charge in [-0.2, -0.15) is 0 Å². The van der Waals surface area contributed by atoms with Crippen molar-refractivity contribution in [2.24, 2.45) is 0 Å². The van der Waals surface area contributed by atoms with Crippen LogP contribution in [0.2, 0.25) is 0 Å². The van der Waals surface area contributed by atoms with E-state index in [2.05, 4.69) is 0 Å². The molecule has 0 unspecified atom stereocenters. The second kappa shape index (κ2) is 9.32. The molecule has 3 N–H and O–H groups in total. The van der Waals surface area contributed by atoms with Crippen molar-refractivity contribution in [1.29, 1.82) is 0 Å². The molecule has 166 valence electrons. The molecule has 1 heterocycles. The Morgan fingerprint density at radius 3 is 2.06 bits per heavy atom. The molecule has 0 fully saturated rings. The lowest BCUT2D eigenvalue weighted by atomic mass is 9.98. The van der Waals surface area contributed by atoms with Gasteiger partial charge in [-0.1, -0.05) is 30.3 Å². The lowest BCUT2D eigenvalue weighted by molar-refractivity contribution is -0.132. The Morgan fingerprint density at radius 2 is 1.42 bits per heavy atom. The zero-order valence-electron chi connectivity index (χ0n) is 17.3. The SMILES string of the molecule is O=C(O)/C=C/c1ccc(O[C@@H]2c3cc(/C=C/C(=O)O)ccc3O[C@H]2c2ccc(O)cc2)cc1. The Morgan fingerprint density at radius 1 is 0.818 bits per heavy atom. The van der Waals surface area contributed by atoms with E-state index in [1.165, 1.54) is 12.2 Å². The van der Waals surface area contributed by atoms with Crippen LogP contribution in [0.25, 0.3) is 12.2 Å². The smallest absolute Gasteiger partial charge is 0.328 e. The van der Waals surface area contributed by atoms with E-state index in [1.54, 1.807) is 60.7 Å². The highest BCUT2D eigenvalue weighted by atomic mass is 16.6. The molecule has 7 nitrogen and oxygen atoms in total. The van der Waals surface area contributed by atoms with Gasteiger partial charge >= 0.3 is 11.9 Å². The van der Waals surface area contributed by atoms with Crippen LogP contribution in [-0.2, 0) is 9.59 Å². The van der Waals surface area contributed by atoms with Crippen LogP contribution in [0.1, 0.15) is 34.5 Å². The highest BCUT2D eigenvalue weighted by molar-refractivity contribution is 5.85. The zero-order chi connectivity index (χ0) is 23.4.